The van der Waals surface area contributed by atoms with Crippen molar-refractivity contribution in [1.29, 1.82) is 0 Å². The molecule has 0 aromatic rings. The van der Waals surface area contributed by atoms with Crippen LogP contribution in [0.2, 0.25) is 0 Å². The maximum absolute atomic E-state index is 12.1. The summed E-state index contributed by atoms with van der Waals surface area (Å²) in [5.74, 6) is 0.232. The summed E-state index contributed by atoms with van der Waals surface area (Å²) in [7, 11) is 1.64. The highest BCUT2D eigenvalue weighted by molar-refractivity contribution is 5.87. The van der Waals surface area contributed by atoms with Crippen LogP contribution in [0.25, 0.3) is 0 Å². The molecule has 94 valence electrons. The highest BCUT2D eigenvalue weighted by Gasteiger charge is 2.34. The molecule has 0 aromatic heterocycles. The monoisotopic (exact) mass is 228 g/mol. The SMILES string of the molecule is CCC(CC)(OC)C(=O)CCC1CCCO1. The first-order valence-electron chi connectivity index (χ1n) is 6.38. The number of hydrogen-bond donors (Lipinski definition) is 0. The maximum Gasteiger partial charge on any atom is 0.164 e. The van der Waals surface area contributed by atoms with Crippen molar-refractivity contribution in [2.45, 2.75) is 64.1 Å². The Balaban J connectivity index is 2.42. The van der Waals surface area contributed by atoms with Gasteiger partial charge in [-0.15, -0.1) is 0 Å². The lowest BCUT2D eigenvalue weighted by atomic mass is 9.88. The summed E-state index contributed by atoms with van der Waals surface area (Å²) in [5, 5.41) is 0. The molecule has 1 heterocycles. The minimum absolute atomic E-state index is 0.232. The van der Waals surface area contributed by atoms with Gasteiger partial charge in [0.25, 0.3) is 0 Å². The molecule has 1 saturated heterocycles. The van der Waals surface area contributed by atoms with Gasteiger partial charge < -0.3 is 9.47 Å². The first-order chi connectivity index (χ1) is 7.68. The summed E-state index contributed by atoms with van der Waals surface area (Å²) < 4.78 is 10.9. The number of ether oxygens (including phenoxy) is 2. The third-order valence-electron chi connectivity index (χ3n) is 3.76. The van der Waals surface area contributed by atoms with Gasteiger partial charge in [0.05, 0.1) is 6.10 Å². The van der Waals surface area contributed by atoms with E-state index < -0.39 is 5.60 Å². The van der Waals surface area contributed by atoms with E-state index in [0.717, 1.165) is 38.7 Å². The van der Waals surface area contributed by atoms with Crippen LogP contribution >= 0.6 is 0 Å². The van der Waals surface area contributed by atoms with Crippen molar-refractivity contribution in [3.8, 4) is 0 Å². The van der Waals surface area contributed by atoms with E-state index in [1.165, 1.54) is 0 Å². The molecule has 0 bridgehead atoms. The quantitative estimate of drug-likeness (QED) is 0.672. The van der Waals surface area contributed by atoms with Gasteiger partial charge in [-0.25, -0.2) is 0 Å². The zero-order valence-corrected chi connectivity index (χ0v) is 10.8. The molecule has 0 N–H and O–H groups in total. The Labute approximate surface area is 98.5 Å². The molecule has 0 aliphatic carbocycles. The van der Waals surface area contributed by atoms with E-state index in [0.29, 0.717) is 12.5 Å². The zero-order chi connectivity index (χ0) is 12.0. The maximum atomic E-state index is 12.1. The molecule has 0 aromatic carbocycles. The molecular formula is C13H24O3. The Hall–Kier alpha value is -0.410. The Kier molecular flexibility index (Phi) is 5.42. The van der Waals surface area contributed by atoms with Gasteiger partial charge in [-0.1, -0.05) is 13.8 Å². The third-order valence-corrected chi connectivity index (χ3v) is 3.76. The molecule has 16 heavy (non-hydrogen) atoms. The van der Waals surface area contributed by atoms with Gasteiger partial charge in [0.2, 0.25) is 0 Å². The fourth-order valence-corrected chi connectivity index (χ4v) is 2.44. The van der Waals surface area contributed by atoms with Crippen LogP contribution in [0.4, 0.5) is 0 Å². The fraction of sp³-hybridized carbons (Fsp3) is 0.923. The van der Waals surface area contributed by atoms with E-state index in [9.17, 15) is 4.79 Å². The number of methoxy groups -OCH3 is 1. The van der Waals surface area contributed by atoms with E-state index in [2.05, 4.69) is 0 Å². The van der Waals surface area contributed by atoms with Crippen molar-refractivity contribution in [1.82, 2.24) is 0 Å². The number of hydrogen-bond acceptors (Lipinski definition) is 3. The van der Waals surface area contributed by atoms with Crippen LogP contribution in [-0.2, 0) is 14.3 Å². The summed E-state index contributed by atoms with van der Waals surface area (Å²) >= 11 is 0. The van der Waals surface area contributed by atoms with Gasteiger partial charge in [0.15, 0.2) is 5.78 Å². The predicted octanol–water partition coefficient (Wildman–Crippen LogP) is 2.72. The number of rotatable bonds is 7. The van der Waals surface area contributed by atoms with Crippen molar-refractivity contribution < 1.29 is 14.3 Å². The van der Waals surface area contributed by atoms with Gasteiger partial charge in [-0.05, 0) is 32.1 Å². The highest BCUT2D eigenvalue weighted by Crippen LogP contribution is 2.25. The molecule has 3 nitrogen and oxygen atoms in total. The lowest BCUT2D eigenvalue weighted by Gasteiger charge is -2.28. The predicted molar refractivity (Wildman–Crippen MR) is 63.5 cm³/mol. The molecule has 0 amide bonds. The zero-order valence-electron chi connectivity index (χ0n) is 10.8. The number of ketones is 1. The lowest BCUT2D eigenvalue weighted by Crippen LogP contribution is -2.39. The second-order valence-corrected chi connectivity index (χ2v) is 4.50. The molecule has 0 radical (unpaired) electrons. The van der Waals surface area contributed by atoms with Crippen molar-refractivity contribution in [2.24, 2.45) is 0 Å². The van der Waals surface area contributed by atoms with E-state index >= 15 is 0 Å². The van der Waals surface area contributed by atoms with Crippen LogP contribution in [0.3, 0.4) is 0 Å². The van der Waals surface area contributed by atoms with Crippen LogP contribution in [-0.4, -0.2) is 31.2 Å². The average molecular weight is 228 g/mol. The summed E-state index contributed by atoms with van der Waals surface area (Å²) in [6.45, 7) is 4.88. The minimum atomic E-state index is -0.557. The Bertz CT molecular complexity index is 207. The molecule has 0 saturated carbocycles. The van der Waals surface area contributed by atoms with E-state index in [4.69, 9.17) is 9.47 Å². The van der Waals surface area contributed by atoms with E-state index in [1.807, 2.05) is 13.8 Å². The molecule has 0 spiro atoms. The van der Waals surface area contributed by atoms with E-state index in [1.54, 1.807) is 7.11 Å². The first kappa shape index (κ1) is 13.7. The largest absolute Gasteiger partial charge is 0.378 e. The molecule has 1 atom stereocenters. The third kappa shape index (κ3) is 3.05. The minimum Gasteiger partial charge on any atom is -0.378 e. The summed E-state index contributed by atoms with van der Waals surface area (Å²) in [6, 6.07) is 0. The standard InChI is InChI=1S/C13H24O3/c1-4-13(5-2,15-3)12(14)9-8-11-7-6-10-16-11/h11H,4-10H2,1-3H3. The Morgan fingerprint density at radius 2 is 2.12 bits per heavy atom. The normalized spacial score (nSPS) is 21.3. The summed E-state index contributed by atoms with van der Waals surface area (Å²) in [6.07, 6.45) is 5.48. The van der Waals surface area contributed by atoms with Crippen molar-refractivity contribution in [3.63, 3.8) is 0 Å². The molecule has 3 heteroatoms. The van der Waals surface area contributed by atoms with Crippen molar-refractivity contribution >= 4 is 5.78 Å². The van der Waals surface area contributed by atoms with Gasteiger partial charge in [-0.3, -0.25) is 4.79 Å². The number of Topliss-reactive ketones (excluding diaryl/α,β-unsaturated/α-hetero) is 1. The van der Waals surface area contributed by atoms with Crippen LogP contribution in [0.5, 0.6) is 0 Å². The van der Waals surface area contributed by atoms with E-state index in [-0.39, 0.29) is 5.78 Å². The second kappa shape index (κ2) is 6.36. The lowest BCUT2D eigenvalue weighted by molar-refractivity contribution is -0.142. The molecule has 1 fully saturated rings. The first-order valence-corrected chi connectivity index (χ1v) is 6.38. The molecular weight excluding hydrogens is 204 g/mol. The average Bonchev–Trinajstić information content (AvgIpc) is 2.82. The smallest absolute Gasteiger partial charge is 0.164 e. The van der Waals surface area contributed by atoms with Crippen LogP contribution in [0.15, 0.2) is 0 Å². The molecule has 1 rings (SSSR count). The van der Waals surface area contributed by atoms with Crippen LogP contribution in [0, 0.1) is 0 Å². The molecule has 1 aliphatic heterocycles. The number of carbonyl (C=O) groups is 1. The Morgan fingerprint density at radius 1 is 1.44 bits per heavy atom. The van der Waals surface area contributed by atoms with Crippen molar-refractivity contribution in [2.75, 3.05) is 13.7 Å². The summed E-state index contributed by atoms with van der Waals surface area (Å²) in [5.41, 5.74) is -0.557. The van der Waals surface area contributed by atoms with Gasteiger partial charge in [-0.2, -0.15) is 0 Å². The second-order valence-electron chi connectivity index (χ2n) is 4.50. The highest BCUT2D eigenvalue weighted by atomic mass is 16.5. The Morgan fingerprint density at radius 3 is 2.56 bits per heavy atom. The van der Waals surface area contributed by atoms with Gasteiger partial charge in [0, 0.05) is 20.1 Å². The van der Waals surface area contributed by atoms with Gasteiger partial charge >= 0.3 is 0 Å². The molecule has 1 unspecified atom stereocenters. The molecule has 1 aliphatic rings. The van der Waals surface area contributed by atoms with Crippen molar-refractivity contribution in [3.05, 3.63) is 0 Å². The van der Waals surface area contributed by atoms with Crippen LogP contribution < -0.4 is 0 Å². The van der Waals surface area contributed by atoms with Crippen LogP contribution in [0.1, 0.15) is 52.4 Å². The fourth-order valence-electron chi connectivity index (χ4n) is 2.44. The summed E-state index contributed by atoms with van der Waals surface area (Å²) in [4.78, 5) is 12.1. The number of carbonyl (C=O) groups excluding carboxylic acids is 1. The van der Waals surface area contributed by atoms with Gasteiger partial charge in [0.1, 0.15) is 5.60 Å². The topological polar surface area (TPSA) is 35.5 Å².